The number of amides is 3. The van der Waals surface area contributed by atoms with Crippen molar-refractivity contribution in [1.29, 1.82) is 0 Å². The maximum Gasteiger partial charge on any atom is 0.416 e. The number of carbonyl (C=O) groups is 2. The Morgan fingerprint density at radius 1 is 0.981 bits per heavy atom. The Morgan fingerprint density at radius 3 is 2.35 bits per heavy atom. The minimum absolute atomic E-state index is 0.107. The first-order chi connectivity index (χ1) is 24.8. The van der Waals surface area contributed by atoms with Crippen LogP contribution in [0.4, 0.5) is 29.3 Å². The van der Waals surface area contributed by atoms with Crippen molar-refractivity contribution >= 4 is 23.3 Å². The summed E-state index contributed by atoms with van der Waals surface area (Å²) in [5.74, 6) is 0.885. The molecule has 11 nitrogen and oxygen atoms in total. The highest BCUT2D eigenvalue weighted by atomic mass is 19.4. The number of likely N-dealkylation sites (N-methyl/N-ethyl adjacent to an activating group) is 1. The first kappa shape index (κ1) is 38.7. The van der Waals surface area contributed by atoms with Crippen molar-refractivity contribution in [3.63, 3.8) is 0 Å². The largest absolute Gasteiger partial charge is 0.490 e. The number of hydrogen-bond acceptors (Lipinski definition) is 8. The van der Waals surface area contributed by atoms with Crippen molar-refractivity contribution in [2.24, 2.45) is 5.92 Å². The molecule has 2 aliphatic rings. The number of aliphatic hydroxyl groups excluding tert-OH is 1. The predicted molar refractivity (Wildman–Crippen MR) is 190 cm³/mol. The molecular weight excluding hydrogens is 681 g/mol. The van der Waals surface area contributed by atoms with Gasteiger partial charge < -0.3 is 39.6 Å². The van der Waals surface area contributed by atoms with Gasteiger partial charge in [-0.3, -0.25) is 9.69 Å². The Morgan fingerprint density at radius 2 is 1.65 bits per heavy atom. The third-order valence-corrected chi connectivity index (χ3v) is 9.17. The Labute approximate surface area is 302 Å². The summed E-state index contributed by atoms with van der Waals surface area (Å²) >= 11 is 0. The molecule has 0 unspecified atom stereocenters. The summed E-state index contributed by atoms with van der Waals surface area (Å²) in [6, 6.07) is 14.0. The lowest BCUT2D eigenvalue weighted by Gasteiger charge is -2.36. The molecule has 0 aromatic heterocycles. The fraction of sp³-hybridized carbons (Fsp3) is 0.474. The molecule has 0 spiro atoms. The van der Waals surface area contributed by atoms with Crippen molar-refractivity contribution in [3.8, 4) is 17.2 Å². The van der Waals surface area contributed by atoms with E-state index < -0.39 is 23.8 Å². The van der Waals surface area contributed by atoms with Crippen LogP contribution in [0.3, 0.4) is 0 Å². The number of ether oxygens (including phenoxy) is 4. The van der Waals surface area contributed by atoms with Gasteiger partial charge in [0.25, 0.3) is 5.91 Å². The van der Waals surface area contributed by atoms with Crippen LogP contribution >= 0.6 is 0 Å². The summed E-state index contributed by atoms with van der Waals surface area (Å²) in [5, 5.41) is 15.8. The zero-order valence-corrected chi connectivity index (χ0v) is 29.9. The number of aliphatic hydroxyl groups is 1. The van der Waals surface area contributed by atoms with E-state index in [0.29, 0.717) is 54.7 Å². The van der Waals surface area contributed by atoms with Crippen LogP contribution in [-0.2, 0) is 17.5 Å². The fourth-order valence-electron chi connectivity index (χ4n) is 6.21. The standard InChI is InChI=1S/C38H47F3N4O7/c1-24-19-45(25(2)22-46)36(47)31-17-29(42-37(48)43-30-13-15-33-34(18-30)51-23-50-33)12-14-32(31)52-26(3)7-5-6-16-49-35(24)21-44(4)20-27-8-10-28(11-9-27)38(39,40)41/h8-15,17-18,24-26,35,46H,5-7,16,19-23H2,1-4H3,(H2,42,43,48)/t24-,25-,26+,35-/m0/s1. The van der Waals surface area contributed by atoms with Crippen LogP contribution in [0.15, 0.2) is 60.7 Å². The van der Waals surface area contributed by atoms with Crippen LogP contribution in [0.5, 0.6) is 17.2 Å². The highest BCUT2D eigenvalue weighted by Crippen LogP contribution is 2.35. The van der Waals surface area contributed by atoms with Gasteiger partial charge in [0.15, 0.2) is 11.5 Å². The fourth-order valence-corrected chi connectivity index (χ4v) is 6.21. The second-order valence-electron chi connectivity index (χ2n) is 13.5. The molecule has 3 amide bonds. The minimum Gasteiger partial charge on any atom is -0.490 e. The van der Waals surface area contributed by atoms with E-state index >= 15 is 0 Å². The van der Waals surface area contributed by atoms with Gasteiger partial charge in [0.2, 0.25) is 6.79 Å². The SMILES string of the molecule is C[C@@H]1CCCCO[C@@H](CN(C)Cc2ccc(C(F)(F)F)cc2)[C@@H](C)CN([C@@H](C)CO)C(=O)c2cc(NC(=O)Nc3ccc4c(c3)OCO4)ccc2O1. The van der Waals surface area contributed by atoms with Crippen molar-refractivity contribution in [3.05, 3.63) is 77.4 Å². The summed E-state index contributed by atoms with van der Waals surface area (Å²) in [6.45, 7) is 7.06. The number of anilines is 2. The van der Waals surface area contributed by atoms with E-state index in [4.69, 9.17) is 18.9 Å². The summed E-state index contributed by atoms with van der Waals surface area (Å²) in [7, 11) is 1.88. The minimum atomic E-state index is -4.40. The zero-order chi connectivity index (χ0) is 37.4. The Balaban J connectivity index is 1.34. The molecule has 0 bridgehead atoms. The molecule has 5 rings (SSSR count). The molecule has 3 aromatic carbocycles. The topological polar surface area (TPSA) is 122 Å². The number of halogens is 3. The van der Waals surface area contributed by atoms with Gasteiger partial charge >= 0.3 is 12.2 Å². The molecule has 52 heavy (non-hydrogen) atoms. The summed E-state index contributed by atoms with van der Waals surface area (Å²) in [4.78, 5) is 31.0. The smallest absolute Gasteiger partial charge is 0.416 e. The average Bonchev–Trinajstić information content (AvgIpc) is 3.57. The number of nitrogens with one attached hydrogen (secondary N) is 2. The van der Waals surface area contributed by atoms with Gasteiger partial charge in [-0.25, -0.2) is 4.79 Å². The van der Waals surface area contributed by atoms with Gasteiger partial charge in [0.1, 0.15) is 5.75 Å². The maximum absolute atomic E-state index is 14.4. The van der Waals surface area contributed by atoms with E-state index in [-0.39, 0.29) is 49.5 Å². The van der Waals surface area contributed by atoms with E-state index in [1.165, 1.54) is 12.1 Å². The Hall–Kier alpha value is -4.53. The van der Waals surface area contributed by atoms with E-state index in [1.807, 2.05) is 25.8 Å². The molecule has 0 saturated heterocycles. The number of alkyl halides is 3. The van der Waals surface area contributed by atoms with E-state index in [1.54, 1.807) is 48.2 Å². The first-order valence-electron chi connectivity index (χ1n) is 17.5. The highest BCUT2D eigenvalue weighted by Gasteiger charge is 2.32. The molecule has 282 valence electrons. The number of hydrogen-bond donors (Lipinski definition) is 3. The maximum atomic E-state index is 14.4. The number of rotatable bonds is 8. The van der Waals surface area contributed by atoms with Crippen molar-refractivity contribution in [1.82, 2.24) is 9.80 Å². The van der Waals surface area contributed by atoms with Crippen LogP contribution < -0.4 is 24.8 Å². The number of nitrogens with zero attached hydrogens (tertiary/aromatic N) is 2. The normalized spacial score (nSPS) is 20.4. The highest BCUT2D eigenvalue weighted by molar-refractivity contribution is 6.02. The Kier molecular flexibility index (Phi) is 12.9. The second kappa shape index (κ2) is 17.3. The predicted octanol–water partition coefficient (Wildman–Crippen LogP) is 7.01. The molecule has 3 aromatic rings. The molecule has 0 aliphatic carbocycles. The zero-order valence-electron chi connectivity index (χ0n) is 29.9. The number of urea groups is 1. The molecule has 2 aliphatic heterocycles. The number of benzene rings is 3. The van der Waals surface area contributed by atoms with Crippen LogP contribution in [0, 0.1) is 5.92 Å². The number of carbonyl (C=O) groups excluding carboxylic acids is 2. The lowest BCUT2D eigenvalue weighted by Crippen LogP contribution is -2.47. The first-order valence-corrected chi connectivity index (χ1v) is 17.5. The van der Waals surface area contributed by atoms with E-state index in [9.17, 15) is 27.9 Å². The van der Waals surface area contributed by atoms with Gasteiger partial charge in [-0.05, 0) is 88.2 Å². The Bertz CT molecular complexity index is 1670. The molecule has 14 heteroatoms. The molecule has 0 fully saturated rings. The van der Waals surface area contributed by atoms with Crippen LogP contribution in [-0.4, -0.2) is 85.2 Å². The molecule has 0 saturated carbocycles. The van der Waals surface area contributed by atoms with Gasteiger partial charge in [-0.15, -0.1) is 0 Å². The van der Waals surface area contributed by atoms with Crippen molar-refractivity contribution in [2.75, 3.05) is 50.8 Å². The van der Waals surface area contributed by atoms with Gasteiger partial charge in [-0.2, -0.15) is 13.2 Å². The summed E-state index contributed by atoms with van der Waals surface area (Å²) < 4.78 is 62.7. The monoisotopic (exact) mass is 728 g/mol. The lowest BCUT2D eigenvalue weighted by molar-refractivity contribution is -0.137. The van der Waals surface area contributed by atoms with Crippen LogP contribution in [0.25, 0.3) is 0 Å². The lowest BCUT2D eigenvalue weighted by atomic mass is 10.0. The molecule has 0 radical (unpaired) electrons. The molecular formula is C38H47F3N4O7. The van der Waals surface area contributed by atoms with E-state index in [2.05, 4.69) is 10.6 Å². The quantitative estimate of drug-likeness (QED) is 0.227. The van der Waals surface area contributed by atoms with E-state index in [0.717, 1.165) is 30.5 Å². The second-order valence-corrected chi connectivity index (χ2v) is 13.5. The molecule has 3 N–H and O–H groups in total. The third kappa shape index (κ3) is 10.3. The van der Waals surface area contributed by atoms with Crippen molar-refractivity contribution in [2.45, 2.75) is 71.0 Å². The molecule has 2 heterocycles. The van der Waals surface area contributed by atoms with Crippen LogP contribution in [0.2, 0.25) is 0 Å². The molecule has 4 atom stereocenters. The average molecular weight is 729 g/mol. The third-order valence-electron chi connectivity index (χ3n) is 9.17. The number of fused-ring (bicyclic) bond motifs is 2. The van der Waals surface area contributed by atoms with Gasteiger partial charge in [-0.1, -0.05) is 19.1 Å². The van der Waals surface area contributed by atoms with Crippen molar-refractivity contribution < 1.29 is 46.8 Å². The summed E-state index contributed by atoms with van der Waals surface area (Å²) in [6.07, 6.45) is -2.65. The van der Waals surface area contributed by atoms with Gasteiger partial charge in [0.05, 0.1) is 36.0 Å². The van der Waals surface area contributed by atoms with Gasteiger partial charge in [0, 0.05) is 49.6 Å². The summed E-state index contributed by atoms with van der Waals surface area (Å²) in [5.41, 5.74) is 1.12. The van der Waals surface area contributed by atoms with Crippen LogP contribution in [0.1, 0.15) is 61.5 Å².